The molecule has 9 nitrogen and oxygen atoms in total. The number of nitrogens with one attached hydrogen (secondary N) is 1. The van der Waals surface area contributed by atoms with E-state index in [-0.39, 0.29) is 29.3 Å². The number of para-hydroxylation sites is 1. The molecule has 0 saturated carbocycles. The highest BCUT2D eigenvalue weighted by Gasteiger charge is 2.27. The minimum atomic E-state index is -0.357. The molecule has 1 unspecified atom stereocenters. The molecule has 3 aromatic rings. The topological polar surface area (TPSA) is 88.9 Å². The molecule has 0 aliphatic carbocycles. The zero-order valence-corrected chi connectivity index (χ0v) is 19.4. The van der Waals surface area contributed by atoms with E-state index in [2.05, 4.69) is 15.3 Å². The van der Waals surface area contributed by atoms with E-state index in [4.69, 9.17) is 21.1 Å². The van der Waals surface area contributed by atoms with E-state index in [9.17, 15) is 9.59 Å². The first kappa shape index (κ1) is 22.2. The Bertz CT molecular complexity index is 1260. The number of rotatable bonds is 5. The number of carbonyl (C=O) groups is 1. The van der Waals surface area contributed by atoms with Crippen molar-refractivity contribution in [3.05, 3.63) is 70.1 Å². The van der Waals surface area contributed by atoms with Gasteiger partial charge in [0.15, 0.2) is 11.5 Å². The lowest BCUT2D eigenvalue weighted by Crippen LogP contribution is -2.53. The van der Waals surface area contributed by atoms with Gasteiger partial charge >= 0.3 is 0 Å². The van der Waals surface area contributed by atoms with E-state index < -0.39 is 0 Å². The van der Waals surface area contributed by atoms with Gasteiger partial charge in [0.2, 0.25) is 12.7 Å². The average Bonchev–Trinajstić information content (AvgIpc) is 3.34. The third-order valence-corrected chi connectivity index (χ3v) is 6.48. The normalized spacial score (nSPS) is 16.4. The van der Waals surface area contributed by atoms with Crippen LogP contribution in [-0.2, 0) is 4.79 Å². The lowest BCUT2D eigenvalue weighted by molar-refractivity contribution is -0.120. The largest absolute Gasteiger partial charge is 0.454 e. The number of nitrogens with zero attached hydrogens (tertiary/aromatic N) is 4. The molecule has 3 heterocycles. The number of ether oxygens (including phenoxy) is 2. The summed E-state index contributed by atoms with van der Waals surface area (Å²) >= 11 is 6.45. The summed E-state index contributed by atoms with van der Waals surface area (Å²) in [4.78, 5) is 29.8. The molecule has 0 spiro atoms. The molecule has 2 aliphatic heterocycles. The van der Waals surface area contributed by atoms with Gasteiger partial charge in [0, 0.05) is 37.9 Å². The minimum Gasteiger partial charge on any atom is -0.454 e. The predicted molar refractivity (Wildman–Crippen MR) is 129 cm³/mol. The molecular formula is C24H24ClN5O4. The van der Waals surface area contributed by atoms with Crippen molar-refractivity contribution in [2.75, 3.05) is 43.2 Å². The summed E-state index contributed by atoms with van der Waals surface area (Å²) in [5, 5.41) is 7.40. The number of piperazine rings is 1. The van der Waals surface area contributed by atoms with E-state index in [1.54, 1.807) is 36.5 Å². The van der Waals surface area contributed by atoms with Gasteiger partial charge in [0.05, 0.1) is 23.6 Å². The number of amides is 1. The third-order valence-electron chi connectivity index (χ3n) is 6.12. The van der Waals surface area contributed by atoms with Crippen LogP contribution in [0.2, 0.25) is 5.02 Å². The van der Waals surface area contributed by atoms with Gasteiger partial charge in [0.25, 0.3) is 5.56 Å². The molecule has 2 aliphatic rings. The molecule has 1 atom stereocenters. The van der Waals surface area contributed by atoms with Crippen molar-refractivity contribution in [3.8, 4) is 17.2 Å². The Morgan fingerprint density at radius 3 is 2.56 bits per heavy atom. The summed E-state index contributed by atoms with van der Waals surface area (Å²) in [7, 11) is 0. The Kier molecular flexibility index (Phi) is 6.12. The summed E-state index contributed by atoms with van der Waals surface area (Å²) in [6.45, 7) is 4.61. The molecule has 1 amide bonds. The van der Waals surface area contributed by atoms with Gasteiger partial charge in [-0.05, 0) is 31.2 Å². The number of aromatic nitrogens is 2. The van der Waals surface area contributed by atoms with E-state index in [1.807, 2.05) is 30.0 Å². The Balaban J connectivity index is 1.22. The van der Waals surface area contributed by atoms with Crippen molar-refractivity contribution >= 4 is 28.9 Å². The lowest BCUT2D eigenvalue weighted by atomic mass is 10.2. The van der Waals surface area contributed by atoms with Crippen molar-refractivity contribution in [2.24, 2.45) is 0 Å². The first-order valence-electron chi connectivity index (χ1n) is 11.0. The molecule has 1 fully saturated rings. The average molecular weight is 482 g/mol. The highest BCUT2D eigenvalue weighted by atomic mass is 35.5. The van der Waals surface area contributed by atoms with Crippen LogP contribution >= 0.6 is 11.6 Å². The maximum absolute atomic E-state index is 12.8. The SMILES string of the molecule is CC(C(=O)Nc1ccc2c(c1)OCO2)N1CCN(c2cnn(-c3ccccc3)c(=O)c2Cl)CC1. The fourth-order valence-electron chi connectivity index (χ4n) is 4.13. The van der Waals surface area contributed by atoms with Crippen LogP contribution in [0.5, 0.6) is 11.5 Å². The molecule has 0 bridgehead atoms. The minimum absolute atomic E-state index is 0.0996. The van der Waals surface area contributed by atoms with E-state index in [1.165, 1.54) is 4.68 Å². The van der Waals surface area contributed by atoms with Crippen LogP contribution in [0, 0.1) is 0 Å². The number of halogens is 1. The van der Waals surface area contributed by atoms with Crippen molar-refractivity contribution in [2.45, 2.75) is 13.0 Å². The molecular weight excluding hydrogens is 458 g/mol. The van der Waals surface area contributed by atoms with Crippen molar-refractivity contribution in [1.29, 1.82) is 0 Å². The Labute approximate surface area is 201 Å². The third kappa shape index (κ3) is 4.32. The van der Waals surface area contributed by atoms with Gasteiger partial charge in [-0.2, -0.15) is 9.78 Å². The van der Waals surface area contributed by atoms with E-state index in [0.717, 1.165) is 0 Å². The second kappa shape index (κ2) is 9.36. The van der Waals surface area contributed by atoms with Gasteiger partial charge in [-0.25, -0.2) is 0 Å². The maximum atomic E-state index is 12.8. The Hall–Kier alpha value is -3.56. The molecule has 1 N–H and O–H groups in total. The predicted octanol–water partition coefficient (Wildman–Crippen LogP) is 2.76. The molecule has 34 heavy (non-hydrogen) atoms. The van der Waals surface area contributed by atoms with Crippen LogP contribution in [-0.4, -0.2) is 59.6 Å². The Morgan fingerprint density at radius 2 is 1.79 bits per heavy atom. The summed E-state index contributed by atoms with van der Waals surface area (Å²) in [6.07, 6.45) is 1.63. The molecule has 2 aromatic carbocycles. The van der Waals surface area contributed by atoms with Crippen LogP contribution in [0.15, 0.2) is 59.5 Å². The standard InChI is InChI=1S/C24H24ClN5O4/c1-16(23(31)27-17-7-8-20-21(13-17)34-15-33-20)28-9-11-29(12-10-28)19-14-26-30(24(32)22(19)25)18-5-3-2-4-6-18/h2-8,13-14,16H,9-12,15H2,1H3,(H,27,31). The molecule has 176 valence electrons. The summed E-state index contributed by atoms with van der Waals surface area (Å²) in [6, 6.07) is 14.2. The molecule has 1 saturated heterocycles. The Morgan fingerprint density at radius 1 is 1.06 bits per heavy atom. The quantitative estimate of drug-likeness (QED) is 0.599. The number of hydrogen-bond donors (Lipinski definition) is 1. The first-order valence-corrected chi connectivity index (χ1v) is 11.4. The number of fused-ring (bicyclic) bond motifs is 1. The summed E-state index contributed by atoms with van der Waals surface area (Å²) < 4.78 is 12.0. The van der Waals surface area contributed by atoms with Crippen LogP contribution < -0.4 is 25.2 Å². The number of hydrogen-bond acceptors (Lipinski definition) is 7. The van der Waals surface area contributed by atoms with Gasteiger partial charge in [0.1, 0.15) is 5.02 Å². The second-order valence-electron chi connectivity index (χ2n) is 8.15. The number of benzene rings is 2. The van der Waals surface area contributed by atoms with E-state index in [0.29, 0.717) is 54.7 Å². The summed E-state index contributed by atoms with van der Waals surface area (Å²) in [5.41, 5.74) is 1.57. The molecule has 5 rings (SSSR count). The molecule has 1 aromatic heterocycles. The zero-order chi connectivity index (χ0) is 23.7. The van der Waals surface area contributed by atoms with Gasteiger partial charge in [-0.15, -0.1) is 0 Å². The monoisotopic (exact) mass is 481 g/mol. The van der Waals surface area contributed by atoms with Crippen LogP contribution in [0.3, 0.4) is 0 Å². The molecule has 10 heteroatoms. The molecule has 0 radical (unpaired) electrons. The highest BCUT2D eigenvalue weighted by molar-refractivity contribution is 6.33. The van der Waals surface area contributed by atoms with Gasteiger partial charge in [-0.3, -0.25) is 14.5 Å². The fraction of sp³-hybridized carbons (Fsp3) is 0.292. The van der Waals surface area contributed by atoms with Gasteiger partial charge < -0.3 is 19.7 Å². The van der Waals surface area contributed by atoms with Gasteiger partial charge in [-0.1, -0.05) is 29.8 Å². The van der Waals surface area contributed by atoms with Crippen LogP contribution in [0.4, 0.5) is 11.4 Å². The number of carbonyl (C=O) groups excluding carboxylic acids is 1. The maximum Gasteiger partial charge on any atom is 0.292 e. The second-order valence-corrected chi connectivity index (χ2v) is 8.53. The zero-order valence-electron chi connectivity index (χ0n) is 18.6. The first-order chi connectivity index (χ1) is 16.5. The van der Waals surface area contributed by atoms with Crippen molar-refractivity contribution < 1.29 is 14.3 Å². The highest BCUT2D eigenvalue weighted by Crippen LogP contribution is 2.34. The van der Waals surface area contributed by atoms with Crippen LogP contribution in [0.1, 0.15) is 6.92 Å². The van der Waals surface area contributed by atoms with Crippen molar-refractivity contribution in [1.82, 2.24) is 14.7 Å². The van der Waals surface area contributed by atoms with Crippen LogP contribution in [0.25, 0.3) is 5.69 Å². The van der Waals surface area contributed by atoms with E-state index >= 15 is 0 Å². The van der Waals surface area contributed by atoms with Crippen molar-refractivity contribution in [3.63, 3.8) is 0 Å². The fourth-order valence-corrected chi connectivity index (χ4v) is 4.38. The lowest BCUT2D eigenvalue weighted by Gasteiger charge is -2.38. The number of anilines is 2. The smallest absolute Gasteiger partial charge is 0.292 e. The summed E-state index contributed by atoms with van der Waals surface area (Å²) in [5.74, 6) is 1.20.